The van der Waals surface area contributed by atoms with Crippen LogP contribution in [0.1, 0.15) is 23.2 Å². The van der Waals surface area contributed by atoms with E-state index in [0.717, 1.165) is 12.8 Å². The number of nitrogens with one attached hydrogen (secondary N) is 2. The van der Waals surface area contributed by atoms with Crippen molar-refractivity contribution in [3.63, 3.8) is 0 Å². The lowest BCUT2D eigenvalue weighted by molar-refractivity contribution is 0.0963. The molecule has 0 heterocycles. The zero-order chi connectivity index (χ0) is 17.5. The summed E-state index contributed by atoms with van der Waals surface area (Å²) in [6.07, 6.45) is 2.32. The lowest BCUT2D eigenvalue weighted by Gasteiger charge is -2.23. The van der Waals surface area contributed by atoms with Crippen LogP contribution in [-0.4, -0.2) is 57.8 Å². The first-order valence-electron chi connectivity index (χ1n) is 8.04. The number of carbonyl (C=O) groups excluding carboxylic acids is 2. The van der Waals surface area contributed by atoms with Crippen molar-refractivity contribution in [2.45, 2.75) is 12.8 Å². The van der Waals surface area contributed by atoms with E-state index in [0.29, 0.717) is 42.6 Å². The molecular formula is C17H25N3O4. The van der Waals surface area contributed by atoms with Crippen LogP contribution >= 0.6 is 0 Å². The number of methoxy groups -OCH3 is 2. The Bertz CT molecular complexity index is 587. The third-order valence-corrected chi connectivity index (χ3v) is 3.96. The fourth-order valence-electron chi connectivity index (χ4n) is 2.37. The second-order valence-electron chi connectivity index (χ2n) is 5.81. The molecule has 2 rings (SSSR count). The molecule has 1 aromatic carbocycles. The Labute approximate surface area is 142 Å². The highest BCUT2D eigenvalue weighted by molar-refractivity contribution is 5.97. The second kappa shape index (κ2) is 8.54. The molecule has 1 saturated carbocycles. The predicted octanol–water partition coefficient (Wildman–Crippen LogP) is 1.95. The van der Waals surface area contributed by atoms with Crippen LogP contribution in [0, 0.1) is 5.92 Å². The van der Waals surface area contributed by atoms with Crippen molar-refractivity contribution >= 4 is 17.6 Å². The second-order valence-corrected chi connectivity index (χ2v) is 5.81. The number of rotatable bonds is 8. The number of nitrogens with zero attached hydrogens (tertiary/aromatic N) is 1. The fraction of sp³-hybridized carbons (Fsp3) is 0.529. The molecule has 0 aromatic heterocycles. The Hall–Kier alpha value is -2.28. The van der Waals surface area contributed by atoms with Crippen LogP contribution in [0.3, 0.4) is 0 Å². The zero-order valence-corrected chi connectivity index (χ0v) is 14.4. The van der Waals surface area contributed by atoms with E-state index in [1.54, 1.807) is 37.3 Å². The average Bonchev–Trinajstić information content (AvgIpc) is 3.41. The van der Waals surface area contributed by atoms with Gasteiger partial charge in [-0.3, -0.25) is 4.79 Å². The Kier molecular flexibility index (Phi) is 6.43. The van der Waals surface area contributed by atoms with Gasteiger partial charge in [-0.2, -0.15) is 0 Å². The molecule has 7 heteroatoms. The van der Waals surface area contributed by atoms with Crippen LogP contribution in [0.15, 0.2) is 18.2 Å². The Morgan fingerprint density at radius 2 is 2.04 bits per heavy atom. The summed E-state index contributed by atoms with van der Waals surface area (Å²) in [5.41, 5.74) is 0.932. The van der Waals surface area contributed by atoms with Gasteiger partial charge in [0.25, 0.3) is 5.91 Å². The SMILES string of the molecule is CNC(=O)c1ccc(OC)c(NC(=O)N(CCOC)CC2CC2)c1. The Morgan fingerprint density at radius 1 is 1.29 bits per heavy atom. The molecule has 0 radical (unpaired) electrons. The Morgan fingerprint density at radius 3 is 2.62 bits per heavy atom. The van der Waals surface area contributed by atoms with Gasteiger partial charge in [0.05, 0.1) is 19.4 Å². The van der Waals surface area contributed by atoms with Gasteiger partial charge >= 0.3 is 6.03 Å². The number of anilines is 1. The van der Waals surface area contributed by atoms with Gasteiger partial charge in [-0.15, -0.1) is 0 Å². The van der Waals surface area contributed by atoms with Crippen molar-refractivity contribution in [3.8, 4) is 5.75 Å². The number of hydrogen-bond donors (Lipinski definition) is 2. The smallest absolute Gasteiger partial charge is 0.322 e. The molecule has 0 aliphatic heterocycles. The quantitative estimate of drug-likeness (QED) is 0.761. The monoisotopic (exact) mass is 335 g/mol. The van der Waals surface area contributed by atoms with Gasteiger partial charge < -0.3 is 25.0 Å². The molecule has 1 aromatic rings. The predicted molar refractivity (Wildman–Crippen MR) is 91.6 cm³/mol. The Balaban J connectivity index is 2.13. The minimum absolute atomic E-state index is 0.216. The van der Waals surface area contributed by atoms with Gasteiger partial charge in [0, 0.05) is 32.8 Å². The molecule has 0 saturated heterocycles. The molecular weight excluding hydrogens is 310 g/mol. The topological polar surface area (TPSA) is 79.9 Å². The van der Waals surface area contributed by atoms with Gasteiger partial charge in [0.1, 0.15) is 5.75 Å². The molecule has 0 bridgehead atoms. The van der Waals surface area contributed by atoms with Gasteiger partial charge in [0.2, 0.25) is 0 Å². The highest BCUT2D eigenvalue weighted by Crippen LogP contribution is 2.30. The van der Waals surface area contributed by atoms with Gasteiger partial charge in [-0.1, -0.05) is 0 Å². The maximum absolute atomic E-state index is 12.6. The van der Waals surface area contributed by atoms with E-state index in [-0.39, 0.29) is 11.9 Å². The number of ether oxygens (including phenoxy) is 2. The van der Waals surface area contributed by atoms with E-state index < -0.39 is 0 Å². The first-order valence-corrected chi connectivity index (χ1v) is 8.04. The first-order chi connectivity index (χ1) is 11.6. The summed E-state index contributed by atoms with van der Waals surface area (Å²) in [6, 6.07) is 4.72. The lowest BCUT2D eigenvalue weighted by Crippen LogP contribution is -2.38. The molecule has 3 amide bonds. The number of carbonyl (C=O) groups is 2. The van der Waals surface area contributed by atoms with E-state index in [1.807, 2.05) is 0 Å². The summed E-state index contributed by atoms with van der Waals surface area (Å²) in [7, 11) is 4.70. The summed E-state index contributed by atoms with van der Waals surface area (Å²) >= 11 is 0. The highest BCUT2D eigenvalue weighted by Gasteiger charge is 2.27. The molecule has 0 unspecified atom stereocenters. The minimum atomic E-state index is -0.220. The standard InChI is InChI=1S/C17H25N3O4/c1-18-16(21)13-6-7-15(24-3)14(10-13)19-17(22)20(8-9-23-2)11-12-4-5-12/h6-7,10,12H,4-5,8-9,11H2,1-3H3,(H,18,21)(H,19,22). The van der Waals surface area contributed by atoms with Crippen molar-refractivity contribution in [2.24, 2.45) is 5.92 Å². The average molecular weight is 335 g/mol. The van der Waals surface area contributed by atoms with E-state index in [2.05, 4.69) is 10.6 Å². The molecule has 1 fully saturated rings. The largest absolute Gasteiger partial charge is 0.495 e. The molecule has 0 atom stereocenters. The van der Waals surface area contributed by atoms with E-state index >= 15 is 0 Å². The summed E-state index contributed by atoms with van der Waals surface area (Å²) < 4.78 is 10.4. The molecule has 1 aliphatic carbocycles. The van der Waals surface area contributed by atoms with Gasteiger partial charge in [0.15, 0.2) is 0 Å². The molecule has 2 N–H and O–H groups in total. The first kappa shape index (κ1) is 18.1. The third-order valence-electron chi connectivity index (χ3n) is 3.96. The molecule has 0 spiro atoms. The molecule has 132 valence electrons. The van der Waals surface area contributed by atoms with Crippen LogP contribution in [0.25, 0.3) is 0 Å². The van der Waals surface area contributed by atoms with E-state index in [9.17, 15) is 9.59 Å². The number of urea groups is 1. The summed E-state index contributed by atoms with van der Waals surface area (Å²) in [5, 5.41) is 5.41. The minimum Gasteiger partial charge on any atom is -0.495 e. The van der Waals surface area contributed by atoms with E-state index in [4.69, 9.17) is 9.47 Å². The van der Waals surface area contributed by atoms with Crippen molar-refractivity contribution in [1.29, 1.82) is 0 Å². The van der Waals surface area contributed by atoms with E-state index in [1.165, 1.54) is 7.11 Å². The normalized spacial score (nSPS) is 13.3. The highest BCUT2D eigenvalue weighted by atomic mass is 16.5. The third kappa shape index (κ3) is 4.86. The number of amides is 3. The van der Waals surface area contributed by atoms with Gasteiger partial charge in [-0.05, 0) is 37.0 Å². The molecule has 24 heavy (non-hydrogen) atoms. The molecule has 1 aliphatic rings. The van der Waals surface area contributed by atoms with Crippen LogP contribution in [0.4, 0.5) is 10.5 Å². The van der Waals surface area contributed by atoms with Crippen molar-refractivity contribution < 1.29 is 19.1 Å². The maximum Gasteiger partial charge on any atom is 0.322 e. The van der Waals surface area contributed by atoms with Crippen LogP contribution in [0.5, 0.6) is 5.75 Å². The fourth-order valence-corrected chi connectivity index (χ4v) is 2.37. The number of benzene rings is 1. The number of hydrogen-bond acceptors (Lipinski definition) is 4. The lowest BCUT2D eigenvalue weighted by atomic mass is 10.1. The van der Waals surface area contributed by atoms with Gasteiger partial charge in [-0.25, -0.2) is 4.79 Å². The maximum atomic E-state index is 12.6. The van der Waals surface area contributed by atoms with Crippen molar-refractivity contribution in [3.05, 3.63) is 23.8 Å². The van der Waals surface area contributed by atoms with Crippen LogP contribution < -0.4 is 15.4 Å². The molecule has 7 nitrogen and oxygen atoms in total. The van der Waals surface area contributed by atoms with Crippen LogP contribution in [0.2, 0.25) is 0 Å². The van der Waals surface area contributed by atoms with Crippen molar-refractivity contribution in [1.82, 2.24) is 10.2 Å². The summed E-state index contributed by atoms with van der Waals surface area (Å²) in [6.45, 7) is 1.72. The van der Waals surface area contributed by atoms with Crippen molar-refractivity contribution in [2.75, 3.05) is 46.3 Å². The summed E-state index contributed by atoms with van der Waals surface area (Å²) in [5.74, 6) is 0.864. The summed E-state index contributed by atoms with van der Waals surface area (Å²) in [4.78, 5) is 26.1. The zero-order valence-electron chi connectivity index (χ0n) is 14.4. The van der Waals surface area contributed by atoms with Crippen LogP contribution in [-0.2, 0) is 4.74 Å².